The third kappa shape index (κ3) is 3.26. The van der Waals surface area contributed by atoms with E-state index in [4.69, 9.17) is 20.7 Å². The number of epoxide rings is 1. The minimum Gasteiger partial charge on any atom is -0.456 e. The Kier molecular flexibility index (Phi) is 5.79. The molecule has 2 heterocycles. The van der Waals surface area contributed by atoms with Gasteiger partial charge in [-0.3, -0.25) is 0 Å². The predicted octanol–water partition coefficient (Wildman–Crippen LogP) is 3.93. The van der Waals surface area contributed by atoms with Gasteiger partial charge >= 0.3 is 5.97 Å². The van der Waals surface area contributed by atoms with Gasteiger partial charge in [-0.05, 0) is 88.0 Å². The van der Waals surface area contributed by atoms with Crippen molar-refractivity contribution in [3.05, 3.63) is 23.3 Å². The average Bonchev–Trinajstić information content (AvgIpc) is 3.59. The molecule has 0 aromatic heterocycles. The maximum atomic E-state index is 12.5. The molecule has 38 heavy (non-hydrogen) atoms. The summed E-state index contributed by atoms with van der Waals surface area (Å²) in [6.07, 6.45) is 13.3. The van der Waals surface area contributed by atoms with E-state index in [-0.39, 0.29) is 48.0 Å². The summed E-state index contributed by atoms with van der Waals surface area (Å²) in [4.78, 5) is 18.0. The van der Waals surface area contributed by atoms with E-state index in [1.807, 2.05) is 26.0 Å². The quantitative estimate of drug-likeness (QED) is 0.190. The number of allylic oxidation sites excluding steroid dienone is 1. The minimum absolute atomic E-state index is 0.00544. The lowest BCUT2D eigenvalue weighted by atomic mass is 9.43. The molecule has 0 amide bonds. The molecule has 4 aliphatic carbocycles. The largest absolute Gasteiger partial charge is 0.456 e. The number of aliphatic hydroxyl groups is 2. The molecular weight excluding hydrogens is 482 g/mol. The van der Waals surface area contributed by atoms with E-state index in [1.165, 1.54) is 0 Å². The molecule has 0 spiro atoms. The Bertz CT molecular complexity index is 1180. The molecule has 7 heteroatoms. The highest BCUT2D eigenvalue weighted by atomic mass is 16.6. The second kappa shape index (κ2) is 8.43. The molecule has 1 saturated heterocycles. The van der Waals surface area contributed by atoms with Gasteiger partial charge in [0.15, 0.2) is 6.61 Å². The molecule has 0 aromatic rings. The predicted molar refractivity (Wildman–Crippen MR) is 142 cm³/mol. The van der Waals surface area contributed by atoms with Crippen LogP contribution in [0.1, 0.15) is 73.1 Å². The summed E-state index contributed by atoms with van der Waals surface area (Å²) < 4.78 is 12.2. The van der Waals surface area contributed by atoms with Crippen molar-refractivity contribution >= 4 is 11.7 Å². The number of fused-ring (bicyclic) bond motifs is 8. The molecule has 206 valence electrons. The second-order valence-electron chi connectivity index (χ2n) is 13.4. The topological polar surface area (TPSA) is 101 Å². The minimum atomic E-state index is -1.14. The first kappa shape index (κ1) is 26.1. The highest BCUT2D eigenvalue weighted by molar-refractivity contribution is 6.01. The summed E-state index contributed by atoms with van der Waals surface area (Å²) in [6, 6.07) is 0. The molecule has 7 nitrogen and oxygen atoms in total. The van der Waals surface area contributed by atoms with Crippen molar-refractivity contribution < 1.29 is 29.3 Å². The molecule has 2 aliphatic heterocycles. The number of oxime groups is 1. The third-order valence-corrected chi connectivity index (χ3v) is 11.9. The lowest BCUT2D eigenvalue weighted by Crippen LogP contribution is -2.67. The number of ether oxygens (including phenoxy) is 2. The molecule has 4 fully saturated rings. The Morgan fingerprint density at radius 1 is 1.26 bits per heavy atom. The summed E-state index contributed by atoms with van der Waals surface area (Å²) in [5.74, 6) is 2.87. The summed E-state index contributed by atoms with van der Waals surface area (Å²) in [6.45, 7) is 10.2. The number of esters is 1. The first-order valence-electron chi connectivity index (χ1n) is 14.2. The van der Waals surface area contributed by atoms with Gasteiger partial charge in [0.05, 0.1) is 11.8 Å². The molecule has 3 saturated carbocycles. The van der Waals surface area contributed by atoms with E-state index >= 15 is 0 Å². The molecule has 2 N–H and O–H groups in total. The van der Waals surface area contributed by atoms with Crippen molar-refractivity contribution in [2.24, 2.45) is 39.7 Å². The first-order chi connectivity index (χ1) is 17.9. The molecule has 0 aromatic carbocycles. The van der Waals surface area contributed by atoms with Crippen LogP contribution in [0.4, 0.5) is 0 Å². The van der Waals surface area contributed by atoms with Crippen molar-refractivity contribution in [3.8, 4) is 12.3 Å². The van der Waals surface area contributed by atoms with Crippen LogP contribution < -0.4 is 0 Å². The Morgan fingerprint density at radius 2 is 2.03 bits per heavy atom. The second-order valence-corrected chi connectivity index (χ2v) is 13.4. The summed E-state index contributed by atoms with van der Waals surface area (Å²) in [5, 5.41) is 28.6. The molecule has 11 atom stereocenters. The molecule has 6 aliphatic rings. The van der Waals surface area contributed by atoms with Crippen LogP contribution in [0.2, 0.25) is 0 Å². The van der Waals surface area contributed by atoms with Crippen LogP contribution in [-0.2, 0) is 19.1 Å². The first-order valence-corrected chi connectivity index (χ1v) is 14.2. The number of hydrogen-bond donors (Lipinski definition) is 2. The van der Waals surface area contributed by atoms with Crippen molar-refractivity contribution in [3.63, 3.8) is 0 Å². The SMILES string of the molecule is C#CCO/N=C1\C=CC[C@]2(O)[C@H]3O[C@H]3[C@H]3[C@@H]4CC[C@H]([C@@](C)(O)[C@H]5CC(C)=C(C)C(=O)O5)[C@@]4(C)CC[C@@H]3[C@@]12C. The van der Waals surface area contributed by atoms with E-state index in [1.54, 1.807) is 6.92 Å². The molecule has 0 bridgehead atoms. The summed E-state index contributed by atoms with van der Waals surface area (Å²) >= 11 is 0. The van der Waals surface area contributed by atoms with Crippen LogP contribution in [0.15, 0.2) is 28.5 Å². The standard InChI is InChI=1S/C31H41NO6/c1-7-15-36-32-22-9-8-13-31(35)26-25(38-26)24-19-10-11-21(28(19,4)14-12-20(24)29(22,31)5)30(6,34)23-16-17(2)18(3)27(33)37-23/h1,8-9,19-21,23-26,34-35H,10-16H2,2-6H3/b32-22+/t19-,20-,21-,23+,24-,25-,26-,28-,29-,30+,31-/m0/s1. The Balaban J connectivity index is 1.33. The zero-order chi connectivity index (χ0) is 27.3. The van der Waals surface area contributed by atoms with E-state index in [9.17, 15) is 15.0 Å². The number of terminal acetylenes is 1. The van der Waals surface area contributed by atoms with Gasteiger partial charge in [0, 0.05) is 17.4 Å². The van der Waals surface area contributed by atoms with Gasteiger partial charge in [0.25, 0.3) is 0 Å². The Labute approximate surface area is 225 Å². The van der Waals surface area contributed by atoms with Gasteiger partial charge in [0.2, 0.25) is 0 Å². The fourth-order valence-electron chi connectivity index (χ4n) is 9.65. The van der Waals surface area contributed by atoms with Gasteiger partial charge < -0.3 is 24.5 Å². The lowest BCUT2D eigenvalue weighted by Gasteiger charge is -2.61. The van der Waals surface area contributed by atoms with Crippen LogP contribution in [0.25, 0.3) is 0 Å². The third-order valence-electron chi connectivity index (χ3n) is 11.9. The smallest absolute Gasteiger partial charge is 0.334 e. The molecule has 6 rings (SSSR count). The maximum absolute atomic E-state index is 12.5. The fraction of sp³-hybridized carbons (Fsp3) is 0.742. The zero-order valence-corrected chi connectivity index (χ0v) is 23.2. The van der Waals surface area contributed by atoms with E-state index < -0.39 is 22.7 Å². The van der Waals surface area contributed by atoms with E-state index in [0.717, 1.165) is 37.0 Å². The van der Waals surface area contributed by atoms with Crippen LogP contribution in [0, 0.1) is 46.8 Å². The molecule has 0 radical (unpaired) electrons. The Morgan fingerprint density at radius 3 is 2.74 bits per heavy atom. The van der Waals surface area contributed by atoms with E-state index in [2.05, 4.69) is 24.9 Å². The van der Waals surface area contributed by atoms with Crippen LogP contribution in [0.5, 0.6) is 0 Å². The van der Waals surface area contributed by atoms with Crippen molar-refractivity contribution in [2.75, 3.05) is 6.61 Å². The van der Waals surface area contributed by atoms with Crippen LogP contribution >= 0.6 is 0 Å². The van der Waals surface area contributed by atoms with Crippen LogP contribution in [-0.4, -0.2) is 58.0 Å². The monoisotopic (exact) mass is 523 g/mol. The highest BCUT2D eigenvalue weighted by Crippen LogP contribution is 2.72. The number of carbonyl (C=O) groups is 1. The molecular formula is C31H41NO6. The van der Waals surface area contributed by atoms with Gasteiger partial charge in [-0.2, -0.15) is 0 Å². The maximum Gasteiger partial charge on any atom is 0.334 e. The van der Waals surface area contributed by atoms with Gasteiger partial charge in [0.1, 0.15) is 23.4 Å². The number of carbonyl (C=O) groups excluding carboxylic acids is 1. The van der Waals surface area contributed by atoms with E-state index in [0.29, 0.717) is 24.3 Å². The van der Waals surface area contributed by atoms with Crippen molar-refractivity contribution in [1.29, 1.82) is 0 Å². The highest BCUT2D eigenvalue weighted by Gasteiger charge is 2.77. The normalized spacial score (nSPS) is 49.7. The number of cyclic esters (lactones) is 1. The summed E-state index contributed by atoms with van der Waals surface area (Å²) in [7, 11) is 0. The Hall–Kier alpha value is -2.14. The van der Waals surface area contributed by atoms with Crippen molar-refractivity contribution in [2.45, 2.75) is 103 Å². The van der Waals surface area contributed by atoms with Gasteiger partial charge in [-0.1, -0.05) is 36.6 Å². The molecule has 0 unspecified atom stereocenters. The van der Waals surface area contributed by atoms with Crippen LogP contribution in [0.3, 0.4) is 0 Å². The number of rotatable bonds is 4. The average molecular weight is 524 g/mol. The van der Waals surface area contributed by atoms with Crippen molar-refractivity contribution in [1.82, 2.24) is 0 Å². The zero-order valence-electron chi connectivity index (χ0n) is 23.2. The lowest BCUT2D eigenvalue weighted by molar-refractivity contribution is -0.186. The fourth-order valence-corrected chi connectivity index (χ4v) is 9.65. The number of nitrogens with zero attached hydrogens (tertiary/aromatic N) is 1. The number of hydrogen-bond acceptors (Lipinski definition) is 7. The van der Waals surface area contributed by atoms with Gasteiger partial charge in [-0.25, -0.2) is 4.79 Å². The summed E-state index contributed by atoms with van der Waals surface area (Å²) in [5.41, 5.74) is -0.556. The van der Waals surface area contributed by atoms with Gasteiger partial charge in [-0.15, -0.1) is 6.42 Å².